The molecule has 0 aliphatic carbocycles. The lowest BCUT2D eigenvalue weighted by Crippen LogP contribution is -2.15. The van der Waals surface area contributed by atoms with Gasteiger partial charge in [0.25, 0.3) is 0 Å². The molecule has 0 aliphatic heterocycles. The van der Waals surface area contributed by atoms with Gasteiger partial charge in [0.2, 0.25) is 0 Å². The van der Waals surface area contributed by atoms with E-state index in [-0.39, 0.29) is 6.61 Å². The highest BCUT2D eigenvalue weighted by molar-refractivity contribution is 5.86. The molecule has 0 heterocycles. The smallest absolute Gasteiger partial charge is 0.333 e. The van der Waals surface area contributed by atoms with E-state index in [0.717, 1.165) is 12.2 Å². The number of ether oxygens (including phenoxy) is 6. The van der Waals surface area contributed by atoms with Crippen molar-refractivity contribution < 1.29 is 33.2 Å². The van der Waals surface area contributed by atoms with Gasteiger partial charge in [-0.05, 0) is 37.5 Å². The Bertz CT molecular complexity index is 660. The number of rotatable bonds is 25. The van der Waals surface area contributed by atoms with Crippen LogP contribution in [0.2, 0.25) is 0 Å². The Morgan fingerprint density at radius 3 is 1.67 bits per heavy atom. The Morgan fingerprint density at radius 2 is 1.14 bits per heavy atom. The molecule has 0 amide bonds. The number of hydrogen-bond donors (Lipinski definition) is 0. The first-order chi connectivity index (χ1) is 17.6. The maximum absolute atomic E-state index is 11.2. The van der Waals surface area contributed by atoms with Gasteiger partial charge < -0.3 is 28.4 Å². The van der Waals surface area contributed by atoms with Crippen LogP contribution in [0.1, 0.15) is 64.4 Å². The van der Waals surface area contributed by atoms with Crippen LogP contribution in [-0.4, -0.2) is 72.0 Å². The van der Waals surface area contributed by atoms with Crippen LogP contribution >= 0.6 is 0 Å². The van der Waals surface area contributed by atoms with E-state index >= 15 is 0 Å². The number of carbonyl (C=O) groups excluding carboxylic acids is 1. The highest BCUT2D eigenvalue weighted by Gasteiger charge is 2.02. The van der Waals surface area contributed by atoms with Crippen molar-refractivity contribution in [3.63, 3.8) is 0 Å². The molecule has 1 rings (SSSR count). The normalized spacial score (nSPS) is 10.9. The van der Waals surface area contributed by atoms with Crippen molar-refractivity contribution in [2.75, 3.05) is 66.1 Å². The lowest BCUT2D eigenvalue weighted by atomic mass is 10.0. The first-order valence-electron chi connectivity index (χ1n) is 13.5. The van der Waals surface area contributed by atoms with Crippen LogP contribution in [0.3, 0.4) is 0 Å². The molecule has 1 aromatic rings. The molecular weight excluding hydrogens is 460 g/mol. The summed E-state index contributed by atoms with van der Waals surface area (Å²) in [7, 11) is 0. The first kappa shape index (κ1) is 32.1. The molecule has 0 atom stereocenters. The second-order valence-corrected chi connectivity index (χ2v) is 8.73. The van der Waals surface area contributed by atoms with Gasteiger partial charge in [0, 0.05) is 5.57 Å². The topological polar surface area (TPSA) is 72.5 Å². The molecule has 206 valence electrons. The maximum Gasteiger partial charge on any atom is 0.333 e. The van der Waals surface area contributed by atoms with Crippen molar-refractivity contribution in [3.8, 4) is 5.75 Å². The average Bonchev–Trinajstić information content (AvgIpc) is 2.88. The second kappa shape index (κ2) is 23.5. The van der Waals surface area contributed by atoms with E-state index in [0.29, 0.717) is 65.0 Å². The van der Waals surface area contributed by atoms with E-state index in [1.807, 2.05) is 12.1 Å². The van der Waals surface area contributed by atoms with Crippen LogP contribution in [-0.2, 0) is 34.9 Å². The zero-order chi connectivity index (χ0) is 26.1. The standard InChI is InChI=1S/C29H48O7/c1-4-5-6-7-8-9-10-11-27-12-14-28(15-13-27)35-24-22-33-20-18-31-16-17-32-19-21-34-23-25-36-29(30)26(2)3/h12-15H,2,4-11,16-25H2,1,3H3. The van der Waals surface area contributed by atoms with E-state index < -0.39 is 5.97 Å². The quantitative estimate of drug-likeness (QED) is 0.0975. The third-order valence-electron chi connectivity index (χ3n) is 5.41. The summed E-state index contributed by atoms with van der Waals surface area (Å²) in [6.07, 6.45) is 10.5. The van der Waals surface area contributed by atoms with Crippen molar-refractivity contribution in [3.05, 3.63) is 42.0 Å². The molecule has 0 radical (unpaired) electrons. The van der Waals surface area contributed by atoms with Crippen molar-refractivity contribution in [2.24, 2.45) is 0 Å². The molecule has 0 bridgehead atoms. The fourth-order valence-corrected chi connectivity index (χ4v) is 3.34. The van der Waals surface area contributed by atoms with Gasteiger partial charge in [-0.15, -0.1) is 0 Å². The molecule has 0 fully saturated rings. The number of carbonyl (C=O) groups is 1. The van der Waals surface area contributed by atoms with E-state index in [4.69, 9.17) is 28.4 Å². The summed E-state index contributed by atoms with van der Waals surface area (Å²) in [4.78, 5) is 11.2. The zero-order valence-electron chi connectivity index (χ0n) is 22.6. The molecular formula is C29H48O7. The largest absolute Gasteiger partial charge is 0.491 e. The Labute approximate surface area is 218 Å². The monoisotopic (exact) mass is 508 g/mol. The number of unbranched alkanes of at least 4 members (excludes halogenated alkanes) is 6. The summed E-state index contributed by atoms with van der Waals surface area (Å²) in [5.41, 5.74) is 1.76. The van der Waals surface area contributed by atoms with Gasteiger partial charge in [-0.3, -0.25) is 0 Å². The molecule has 36 heavy (non-hydrogen) atoms. The van der Waals surface area contributed by atoms with Crippen molar-refractivity contribution in [1.29, 1.82) is 0 Å². The summed E-state index contributed by atoms with van der Waals surface area (Å²) >= 11 is 0. The minimum absolute atomic E-state index is 0.214. The molecule has 1 aromatic carbocycles. The minimum Gasteiger partial charge on any atom is -0.491 e. The zero-order valence-corrected chi connectivity index (χ0v) is 22.6. The second-order valence-electron chi connectivity index (χ2n) is 8.73. The number of esters is 1. The number of aryl methyl sites for hydroxylation is 1. The molecule has 0 aromatic heterocycles. The molecule has 0 spiro atoms. The average molecular weight is 509 g/mol. The van der Waals surface area contributed by atoms with Crippen molar-refractivity contribution in [2.45, 2.75) is 65.2 Å². The number of hydrogen-bond acceptors (Lipinski definition) is 7. The predicted octanol–water partition coefficient (Wildman–Crippen LogP) is 5.54. The van der Waals surface area contributed by atoms with Gasteiger partial charge >= 0.3 is 5.97 Å². The molecule has 7 heteroatoms. The van der Waals surface area contributed by atoms with Gasteiger partial charge in [0.05, 0.1) is 52.9 Å². The number of benzene rings is 1. The Morgan fingerprint density at radius 1 is 0.667 bits per heavy atom. The van der Waals surface area contributed by atoms with Crippen LogP contribution in [0, 0.1) is 0 Å². The molecule has 0 saturated carbocycles. The molecule has 7 nitrogen and oxygen atoms in total. The fourth-order valence-electron chi connectivity index (χ4n) is 3.34. The molecule has 0 N–H and O–H groups in total. The van der Waals surface area contributed by atoms with E-state index in [1.54, 1.807) is 6.92 Å². The highest BCUT2D eigenvalue weighted by Crippen LogP contribution is 2.15. The van der Waals surface area contributed by atoms with E-state index in [1.165, 1.54) is 50.5 Å². The maximum atomic E-state index is 11.2. The summed E-state index contributed by atoms with van der Waals surface area (Å²) in [5, 5.41) is 0. The minimum atomic E-state index is -0.401. The third-order valence-corrected chi connectivity index (χ3v) is 5.41. The highest BCUT2D eigenvalue weighted by atomic mass is 16.6. The van der Waals surface area contributed by atoms with Crippen LogP contribution in [0.15, 0.2) is 36.4 Å². The third kappa shape index (κ3) is 19.3. The molecule has 0 aliphatic rings. The molecule has 0 saturated heterocycles. The summed E-state index contributed by atoms with van der Waals surface area (Å²) in [6.45, 7) is 11.9. The van der Waals surface area contributed by atoms with Crippen LogP contribution in [0.4, 0.5) is 0 Å². The molecule has 0 unspecified atom stereocenters. The summed E-state index contributed by atoms with van der Waals surface area (Å²) in [6, 6.07) is 8.42. The van der Waals surface area contributed by atoms with Crippen LogP contribution in [0.25, 0.3) is 0 Å². The Balaban J connectivity index is 1.84. The fraction of sp³-hybridized carbons (Fsp3) is 0.690. The van der Waals surface area contributed by atoms with Crippen molar-refractivity contribution >= 4 is 5.97 Å². The van der Waals surface area contributed by atoms with Crippen LogP contribution < -0.4 is 4.74 Å². The van der Waals surface area contributed by atoms with E-state index in [9.17, 15) is 4.79 Å². The lowest BCUT2D eigenvalue weighted by Gasteiger charge is -2.09. The lowest BCUT2D eigenvalue weighted by molar-refractivity contribution is -0.140. The van der Waals surface area contributed by atoms with Crippen LogP contribution in [0.5, 0.6) is 5.75 Å². The van der Waals surface area contributed by atoms with Gasteiger partial charge in [-0.2, -0.15) is 0 Å². The van der Waals surface area contributed by atoms with Gasteiger partial charge in [0.1, 0.15) is 19.0 Å². The summed E-state index contributed by atoms with van der Waals surface area (Å²) in [5.74, 6) is 0.481. The predicted molar refractivity (Wildman–Crippen MR) is 143 cm³/mol. The Hall–Kier alpha value is -1.93. The van der Waals surface area contributed by atoms with Gasteiger partial charge in [-0.1, -0.05) is 64.2 Å². The summed E-state index contributed by atoms with van der Waals surface area (Å²) < 4.78 is 32.4. The van der Waals surface area contributed by atoms with E-state index in [2.05, 4.69) is 25.6 Å². The SMILES string of the molecule is C=C(C)C(=O)OCCOCCOCCOCCOCCOc1ccc(CCCCCCCCC)cc1. The van der Waals surface area contributed by atoms with Gasteiger partial charge in [-0.25, -0.2) is 4.79 Å². The Kier molecular flexibility index (Phi) is 20.9. The van der Waals surface area contributed by atoms with Crippen molar-refractivity contribution in [1.82, 2.24) is 0 Å². The first-order valence-corrected chi connectivity index (χ1v) is 13.5. The van der Waals surface area contributed by atoms with Gasteiger partial charge in [0.15, 0.2) is 0 Å².